The van der Waals surface area contributed by atoms with E-state index in [0.29, 0.717) is 23.4 Å². The first kappa shape index (κ1) is 14.7. The van der Waals surface area contributed by atoms with Crippen molar-refractivity contribution in [2.45, 2.75) is 32.4 Å². The van der Waals surface area contributed by atoms with E-state index >= 15 is 0 Å². The van der Waals surface area contributed by atoms with Gasteiger partial charge in [-0.15, -0.1) is 0 Å². The quantitative estimate of drug-likeness (QED) is 0.679. The summed E-state index contributed by atoms with van der Waals surface area (Å²) >= 11 is 0. The van der Waals surface area contributed by atoms with Crippen molar-refractivity contribution in [2.75, 3.05) is 6.61 Å². The van der Waals surface area contributed by atoms with Crippen LogP contribution >= 0.6 is 0 Å². The largest absolute Gasteiger partial charge is 0.491 e. The van der Waals surface area contributed by atoms with Gasteiger partial charge in [-0.1, -0.05) is 12.1 Å². The van der Waals surface area contributed by atoms with E-state index in [4.69, 9.17) is 9.47 Å². The zero-order valence-electron chi connectivity index (χ0n) is 11.7. The van der Waals surface area contributed by atoms with E-state index in [-0.39, 0.29) is 6.04 Å². The van der Waals surface area contributed by atoms with E-state index in [9.17, 15) is 14.8 Å². The van der Waals surface area contributed by atoms with Crippen molar-refractivity contribution < 1.29 is 24.3 Å². The first-order chi connectivity index (χ1) is 9.26. The van der Waals surface area contributed by atoms with E-state index < -0.39 is 18.8 Å². The van der Waals surface area contributed by atoms with Crippen LogP contribution in [-0.2, 0) is 4.74 Å². The van der Waals surface area contributed by atoms with Crippen LogP contribution in [0.5, 0.6) is 5.75 Å². The Hall–Kier alpha value is -1.73. The number of nitrogens with one attached hydrogen (secondary N) is 1. The molecule has 0 radical (unpaired) electrons. The van der Waals surface area contributed by atoms with Crippen LogP contribution in [0.25, 0.3) is 0 Å². The van der Waals surface area contributed by atoms with Crippen LogP contribution in [0.3, 0.4) is 0 Å². The molecule has 1 atom stereocenters. The highest BCUT2D eigenvalue weighted by Crippen LogP contribution is 2.31. The lowest BCUT2D eigenvalue weighted by Crippen LogP contribution is -2.36. The first-order valence-corrected chi connectivity index (χ1v) is 6.38. The second-order valence-electron chi connectivity index (χ2n) is 5.68. The standard InChI is InChI=1S/C13H18BNO5/c1-13(2,3)20-12(16)15-10-7-19-11-5-4-8(14(17)18)6-9(10)11/h4-6,10,17-18H,7H2,1-3H3,(H,15,16). The van der Waals surface area contributed by atoms with Gasteiger partial charge >= 0.3 is 13.2 Å². The van der Waals surface area contributed by atoms with Gasteiger partial charge in [0.15, 0.2) is 0 Å². The molecule has 3 N–H and O–H groups in total. The number of hydrogen-bond acceptors (Lipinski definition) is 5. The maximum absolute atomic E-state index is 11.8. The third kappa shape index (κ3) is 3.43. The fraction of sp³-hybridized carbons (Fsp3) is 0.462. The third-order valence-electron chi connectivity index (χ3n) is 2.80. The van der Waals surface area contributed by atoms with E-state index in [1.807, 2.05) is 0 Å². The summed E-state index contributed by atoms with van der Waals surface area (Å²) in [5.41, 5.74) is 0.488. The number of carbonyl (C=O) groups is 1. The molecule has 1 aromatic rings. The van der Waals surface area contributed by atoms with Crippen molar-refractivity contribution in [3.63, 3.8) is 0 Å². The van der Waals surface area contributed by atoms with Crippen LogP contribution in [0.4, 0.5) is 4.79 Å². The van der Waals surface area contributed by atoms with Gasteiger partial charge in [-0.2, -0.15) is 0 Å². The first-order valence-electron chi connectivity index (χ1n) is 6.38. The Kier molecular flexibility index (Phi) is 3.92. The zero-order chi connectivity index (χ0) is 14.9. The van der Waals surface area contributed by atoms with E-state index in [1.165, 1.54) is 0 Å². The van der Waals surface area contributed by atoms with Crippen molar-refractivity contribution in [1.29, 1.82) is 0 Å². The van der Waals surface area contributed by atoms with E-state index in [1.54, 1.807) is 39.0 Å². The fourth-order valence-corrected chi connectivity index (χ4v) is 1.96. The van der Waals surface area contributed by atoms with Crippen molar-refractivity contribution in [2.24, 2.45) is 0 Å². The summed E-state index contributed by atoms with van der Waals surface area (Å²) in [5.74, 6) is 0.621. The highest BCUT2D eigenvalue weighted by Gasteiger charge is 2.29. The summed E-state index contributed by atoms with van der Waals surface area (Å²) < 4.78 is 10.6. The van der Waals surface area contributed by atoms with Gasteiger partial charge in [0.1, 0.15) is 18.0 Å². The van der Waals surface area contributed by atoms with Gasteiger partial charge in [0.25, 0.3) is 0 Å². The smallest absolute Gasteiger partial charge is 0.488 e. The molecule has 7 heteroatoms. The Labute approximate surface area is 117 Å². The zero-order valence-corrected chi connectivity index (χ0v) is 11.7. The Bertz CT molecular complexity index is 512. The molecule has 1 unspecified atom stereocenters. The summed E-state index contributed by atoms with van der Waals surface area (Å²) in [6.07, 6.45) is -0.533. The predicted octanol–water partition coefficient (Wildman–Crippen LogP) is 0.325. The van der Waals surface area contributed by atoms with Gasteiger partial charge in [-0.3, -0.25) is 0 Å². The van der Waals surface area contributed by atoms with Crippen LogP contribution < -0.4 is 15.5 Å². The average molecular weight is 279 g/mol. The lowest BCUT2D eigenvalue weighted by molar-refractivity contribution is 0.0497. The van der Waals surface area contributed by atoms with E-state index in [2.05, 4.69) is 5.32 Å². The maximum atomic E-state index is 11.8. The minimum atomic E-state index is -1.55. The number of amides is 1. The van der Waals surface area contributed by atoms with Crippen molar-refractivity contribution in [3.05, 3.63) is 23.8 Å². The molecule has 0 fully saturated rings. The third-order valence-corrected chi connectivity index (χ3v) is 2.80. The Morgan fingerprint density at radius 2 is 2.15 bits per heavy atom. The second kappa shape index (κ2) is 5.34. The van der Waals surface area contributed by atoms with Crippen molar-refractivity contribution in [1.82, 2.24) is 5.32 Å². The summed E-state index contributed by atoms with van der Waals surface area (Å²) in [7, 11) is -1.55. The summed E-state index contributed by atoms with van der Waals surface area (Å²) in [6.45, 7) is 5.64. The molecule has 1 aliphatic heterocycles. The second-order valence-corrected chi connectivity index (χ2v) is 5.68. The molecule has 0 spiro atoms. The number of benzene rings is 1. The molecule has 0 saturated heterocycles. The molecule has 1 aliphatic rings. The van der Waals surface area contributed by atoms with Gasteiger partial charge < -0.3 is 24.8 Å². The highest BCUT2D eigenvalue weighted by molar-refractivity contribution is 6.58. The lowest BCUT2D eigenvalue weighted by Gasteiger charge is -2.21. The molecule has 0 aliphatic carbocycles. The average Bonchev–Trinajstić information content (AvgIpc) is 2.69. The summed E-state index contributed by atoms with van der Waals surface area (Å²) in [4.78, 5) is 11.8. The topological polar surface area (TPSA) is 88.0 Å². The van der Waals surface area contributed by atoms with Gasteiger partial charge in [0.2, 0.25) is 0 Å². The van der Waals surface area contributed by atoms with Crippen molar-refractivity contribution in [3.8, 4) is 5.75 Å². The molecule has 0 bridgehead atoms. The maximum Gasteiger partial charge on any atom is 0.488 e. The number of carbonyl (C=O) groups excluding carboxylic acids is 1. The minimum Gasteiger partial charge on any atom is -0.491 e. The predicted molar refractivity (Wildman–Crippen MR) is 73.9 cm³/mol. The molecule has 1 amide bonds. The Morgan fingerprint density at radius 1 is 1.45 bits per heavy atom. The van der Waals surface area contributed by atoms with Crippen LogP contribution in [0.15, 0.2) is 18.2 Å². The van der Waals surface area contributed by atoms with Crippen LogP contribution in [-0.4, -0.2) is 35.5 Å². The Morgan fingerprint density at radius 3 is 2.75 bits per heavy atom. The number of rotatable bonds is 2. The fourth-order valence-electron chi connectivity index (χ4n) is 1.96. The lowest BCUT2D eigenvalue weighted by atomic mass is 9.79. The molecule has 6 nitrogen and oxygen atoms in total. The number of alkyl carbamates (subject to hydrolysis) is 1. The van der Waals surface area contributed by atoms with Gasteiger partial charge in [0.05, 0.1) is 6.04 Å². The van der Waals surface area contributed by atoms with E-state index in [0.717, 1.165) is 0 Å². The molecule has 20 heavy (non-hydrogen) atoms. The number of fused-ring (bicyclic) bond motifs is 1. The minimum absolute atomic E-state index is 0.291. The van der Waals surface area contributed by atoms with Crippen molar-refractivity contribution >= 4 is 18.7 Å². The molecule has 1 aromatic carbocycles. The van der Waals surface area contributed by atoms with Gasteiger partial charge in [0, 0.05) is 5.56 Å². The van der Waals surface area contributed by atoms with Crippen LogP contribution in [0.1, 0.15) is 32.4 Å². The highest BCUT2D eigenvalue weighted by atomic mass is 16.6. The molecular weight excluding hydrogens is 261 g/mol. The van der Waals surface area contributed by atoms with Gasteiger partial charge in [-0.25, -0.2) is 4.79 Å². The molecule has 1 heterocycles. The normalized spacial score (nSPS) is 17.1. The SMILES string of the molecule is CC(C)(C)OC(=O)NC1COc2ccc(B(O)O)cc21. The molecule has 0 aromatic heterocycles. The molecule has 108 valence electrons. The van der Waals surface area contributed by atoms with Crippen LogP contribution in [0.2, 0.25) is 0 Å². The summed E-state index contributed by atoms with van der Waals surface area (Å²) in [5, 5.41) is 21.1. The van der Waals surface area contributed by atoms with Gasteiger partial charge in [-0.05, 0) is 32.3 Å². The Balaban J connectivity index is 2.11. The molecule has 2 rings (SSSR count). The number of hydrogen-bond donors (Lipinski definition) is 3. The number of ether oxygens (including phenoxy) is 2. The molecule has 0 saturated carbocycles. The molecular formula is C13H18BNO5. The van der Waals surface area contributed by atoms with Crippen LogP contribution in [0, 0.1) is 0 Å². The monoisotopic (exact) mass is 279 g/mol. The summed E-state index contributed by atoms with van der Waals surface area (Å²) in [6, 6.07) is 4.47.